The van der Waals surface area contributed by atoms with Crippen LogP contribution in [0, 0.1) is 0 Å². The maximum Gasteiger partial charge on any atom is 0.271 e. The van der Waals surface area contributed by atoms with Gasteiger partial charge in [-0.15, -0.1) is 0 Å². The van der Waals surface area contributed by atoms with E-state index < -0.39 is 11.6 Å². The third-order valence-corrected chi connectivity index (χ3v) is 1.88. The molecular weight excluding hydrogens is 184 g/mol. The standard InChI is InChI=1S/C10H8O4/c11-9(7-3-1-5-13-7)10(12)8-4-2-6-14-8/h1,3-5H,2,6H2. The number of ether oxygens (including phenoxy) is 1. The highest BCUT2D eigenvalue weighted by molar-refractivity contribution is 6.47. The van der Waals surface area contributed by atoms with Gasteiger partial charge in [-0.2, -0.15) is 0 Å². The van der Waals surface area contributed by atoms with Crippen LogP contribution in [0.3, 0.4) is 0 Å². The van der Waals surface area contributed by atoms with Gasteiger partial charge in [0, 0.05) is 6.42 Å². The third kappa shape index (κ3) is 1.46. The van der Waals surface area contributed by atoms with E-state index in [0.717, 1.165) is 0 Å². The van der Waals surface area contributed by atoms with E-state index in [9.17, 15) is 9.59 Å². The maximum atomic E-state index is 11.4. The minimum Gasteiger partial charge on any atom is -0.489 e. The summed E-state index contributed by atoms with van der Waals surface area (Å²) in [7, 11) is 0. The van der Waals surface area contributed by atoms with Crippen LogP contribution in [0.2, 0.25) is 0 Å². The number of rotatable bonds is 3. The van der Waals surface area contributed by atoms with Gasteiger partial charge >= 0.3 is 0 Å². The molecule has 72 valence electrons. The first kappa shape index (κ1) is 8.74. The summed E-state index contributed by atoms with van der Waals surface area (Å²) < 4.78 is 9.81. The van der Waals surface area contributed by atoms with E-state index in [-0.39, 0.29) is 11.5 Å². The van der Waals surface area contributed by atoms with Crippen LogP contribution in [0.1, 0.15) is 17.0 Å². The molecule has 0 radical (unpaired) electrons. The summed E-state index contributed by atoms with van der Waals surface area (Å²) in [5, 5.41) is 0. The highest BCUT2D eigenvalue weighted by Gasteiger charge is 2.25. The fourth-order valence-electron chi connectivity index (χ4n) is 1.21. The van der Waals surface area contributed by atoms with E-state index in [1.54, 1.807) is 12.1 Å². The second-order valence-electron chi connectivity index (χ2n) is 2.84. The number of furan rings is 1. The van der Waals surface area contributed by atoms with Crippen molar-refractivity contribution in [3.8, 4) is 0 Å². The lowest BCUT2D eigenvalue weighted by Gasteiger charge is -1.99. The van der Waals surface area contributed by atoms with Crippen molar-refractivity contribution >= 4 is 11.6 Å². The number of allylic oxidation sites excluding steroid dienone is 1. The van der Waals surface area contributed by atoms with Gasteiger partial charge in [0.2, 0.25) is 0 Å². The lowest BCUT2D eigenvalue weighted by Crippen LogP contribution is -2.16. The Morgan fingerprint density at radius 3 is 2.71 bits per heavy atom. The first-order chi connectivity index (χ1) is 6.79. The van der Waals surface area contributed by atoms with Gasteiger partial charge in [0.1, 0.15) is 0 Å². The van der Waals surface area contributed by atoms with Crippen molar-refractivity contribution in [2.45, 2.75) is 6.42 Å². The molecule has 0 saturated heterocycles. The predicted octanol–water partition coefficient (Wildman–Crippen LogP) is 1.34. The van der Waals surface area contributed by atoms with Gasteiger partial charge in [-0.3, -0.25) is 9.59 Å². The molecule has 0 amide bonds. The Balaban J connectivity index is 2.16. The summed E-state index contributed by atoms with van der Waals surface area (Å²) in [6, 6.07) is 3.01. The highest BCUT2D eigenvalue weighted by Crippen LogP contribution is 2.13. The van der Waals surface area contributed by atoms with Gasteiger partial charge in [-0.25, -0.2) is 0 Å². The molecule has 4 heteroatoms. The van der Waals surface area contributed by atoms with E-state index in [1.807, 2.05) is 0 Å². The minimum atomic E-state index is -0.664. The zero-order valence-corrected chi connectivity index (χ0v) is 7.36. The molecule has 2 heterocycles. The molecular formula is C10H8O4. The zero-order chi connectivity index (χ0) is 9.97. The SMILES string of the molecule is O=C(C(=O)c1ccco1)C1=CCCO1. The summed E-state index contributed by atoms with van der Waals surface area (Å²) in [6.45, 7) is 0.465. The number of Topliss-reactive ketones (excluding diaryl/α,β-unsaturated/α-hetero) is 2. The fraction of sp³-hybridized carbons (Fsp3) is 0.200. The lowest BCUT2D eigenvalue weighted by molar-refractivity contribution is -0.114. The molecule has 0 atom stereocenters. The van der Waals surface area contributed by atoms with E-state index >= 15 is 0 Å². The normalized spacial score (nSPS) is 14.7. The molecule has 0 spiro atoms. The number of hydrogen-bond donors (Lipinski definition) is 0. The summed E-state index contributed by atoms with van der Waals surface area (Å²) >= 11 is 0. The molecule has 0 N–H and O–H groups in total. The molecule has 1 aliphatic rings. The third-order valence-electron chi connectivity index (χ3n) is 1.88. The largest absolute Gasteiger partial charge is 0.489 e. The quantitative estimate of drug-likeness (QED) is 0.535. The number of hydrogen-bond acceptors (Lipinski definition) is 4. The van der Waals surface area contributed by atoms with Crippen LogP contribution in [-0.4, -0.2) is 18.2 Å². The summed E-state index contributed by atoms with van der Waals surface area (Å²) in [6.07, 6.45) is 3.64. The molecule has 1 aromatic rings. The van der Waals surface area contributed by atoms with Gasteiger partial charge < -0.3 is 9.15 Å². The van der Waals surface area contributed by atoms with Crippen LogP contribution in [0.4, 0.5) is 0 Å². The average Bonchev–Trinajstić information content (AvgIpc) is 2.87. The second kappa shape index (κ2) is 3.49. The molecule has 0 aliphatic carbocycles. The number of ketones is 2. The van der Waals surface area contributed by atoms with Crippen LogP contribution in [0.15, 0.2) is 34.6 Å². The summed E-state index contributed by atoms with van der Waals surface area (Å²) in [5.74, 6) is -1.13. The Bertz CT molecular complexity index is 386. The van der Waals surface area contributed by atoms with Gasteiger partial charge in [0.05, 0.1) is 12.9 Å². The first-order valence-corrected chi connectivity index (χ1v) is 4.24. The van der Waals surface area contributed by atoms with Crippen LogP contribution in [0.25, 0.3) is 0 Å². The van der Waals surface area contributed by atoms with E-state index in [2.05, 4.69) is 0 Å². The van der Waals surface area contributed by atoms with Crippen molar-refractivity contribution in [3.05, 3.63) is 36.0 Å². The summed E-state index contributed by atoms with van der Waals surface area (Å²) in [4.78, 5) is 22.9. The number of carbonyl (C=O) groups excluding carboxylic acids is 2. The predicted molar refractivity (Wildman–Crippen MR) is 46.7 cm³/mol. The number of carbonyl (C=O) groups is 2. The maximum absolute atomic E-state index is 11.4. The minimum absolute atomic E-state index is 0.0476. The summed E-state index contributed by atoms with van der Waals surface area (Å²) in [5.41, 5.74) is 0. The first-order valence-electron chi connectivity index (χ1n) is 4.24. The molecule has 0 saturated carbocycles. The Labute approximate surface area is 80.2 Å². The molecule has 0 fully saturated rings. The Morgan fingerprint density at radius 1 is 1.29 bits per heavy atom. The molecule has 0 aromatic carbocycles. The van der Waals surface area contributed by atoms with E-state index in [4.69, 9.17) is 9.15 Å². The van der Waals surface area contributed by atoms with Crippen LogP contribution < -0.4 is 0 Å². The Morgan fingerprint density at radius 2 is 2.14 bits per heavy atom. The topological polar surface area (TPSA) is 56.5 Å². The van der Waals surface area contributed by atoms with Crippen molar-refractivity contribution < 1.29 is 18.7 Å². The highest BCUT2D eigenvalue weighted by atomic mass is 16.5. The van der Waals surface area contributed by atoms with Crippen LogP contribution >= 0.6 is 0 Å². The van der Waals surface area contributed by atoms with Gasteiger partial charge in [-0.05, 0) is 18.2 Å². The molecule has 0 bridgehead atoms. The monoisotopic (exact) mass is 192 g/mol. The van der Waals surface area contributed by atoms with Crippen molar-refractivity contribution in [1.82, 2.24) is 0 Å². The van der Waals surface area contributed by atoms with Crippen molar-refractivity contribution in [2.75, 3.05) is 6.61 Å². The molecule has 1 aromatic heterocycles. The zero-order valence-electron chi connectivity index (χ0n) is 7.36. The van der Waals surface area contributed by atoms with Gasteiger partial charge in [0.15, 0.2) is 11.5 Å². The van der Waals surface area contributed by atoms with Crippen molar-refractivity contribution in [1.29, 1.82) is 0 Å². The van der Waals surface area contributed by atoms with Crippen LogP contribution in [0.5, 0.6) is 0 Å². The fourth-order valence-corrected chi connectivity index (χ4v) is 1.21. The molecule has 0 unspecified atom stereocenters. The van der Waals surface area contributed by atoms with Gasteiger partial charge in [0.25, 0.3) is 11.6 Å². The van der Waals surface area contributed by atoms with Crippen molar-refractivity contribution in [3.63, 3.8) is 0 Å². The van der Waals surface area contributed by atoms with E-state index in [0.29, 0.717) is 13.0 Å². The lowest BCUT2D eigenvalue weighted by atomic mass is 10.2. The van der Waals surface area contributed by atoms with E-state index in [1.165, 1.54) is 12.3 Å². The molecule has 4 nitrogen and oxygen atoms in total. The van der Waals surface area contributed by atoms with Crippen molar-refractivity contribution in [2.24, 2.45) is 0 Å². The molecule has 2 rings (SSSR count). The molecule has 14 heavy (non-hydrogen) atoms. The Kier molecular flexibility index (Phi) is 2.18. The van der Waals surface area contributed by atoms with Gasteiger partial charge in [-0.1, -0.05) is 0 Å². The van der Waals surface area contributed by atoms with Crippen LogP contribution in [-0.2, 0) is 9.53 Å². The average molecular weight is 192 g/mol. The molecule has 1 aliphatic heterocycles. The smallest absolute Gasteiger partial charge is 0.271 e. The second-order valence-corrected chi connectivity index (χ2v) is 2.84. The Hall–Kier alpha value is -1.84.